The van der Waals surface area contributed by atoms with Crippen LogP contribution < -0.4 is 10.6 Å². The van der Waals surface area contributed by atoms with Gasteiger partial charge in [0, 0.05) is 0 Å². The number of carbonyl (C=O) groups excluding carboxylic acids is 2. The lowest BCUT2D eigenvalue weighted by Crippen LogP contribution is -2.17. The summed E-state index contributed by atoms with van der Waals surface area (Å²) in [6.45, 7) is 8.17. The molecule has 0 radical (unpaired) electrons. The average molecular weight is 461 g/mol. The molecule has 0 bridgehead atoms. The third-order valence-corrected chi connectivity index (χ3v) is 5.41. The molecule has 0 saturated carbocycles. The number of hydrogen-bond donors (Lipinski definition) is 4. The summed E-state index contributed by atoms with van der Waals surface area (Å²) >= 11 is 0. The SMILES string of the molecule is CC(C)Cc1cccc(C(=O)Nc2ccccc2NC(=O)c2cccc(CC(C)C)c2O)c1O. The number of anilines is 2. The first-order valence-corrected chi connectivity index (χ1v) is 11.5. The van der Waals surface area contributed by atoms with Gasteiger partial charge in [0.05, 0.1) is 22.5 Å². The second kappa shape index (κ2) is 10.9. The quantitative estimate of drug-likeness (QED) is 0.331. The van der Waals surface area contributed by atoms with Gasteiger partial charge in [-0.25, -0.2) is 0 Å². The summed E-state index contributed by atoms with van der Waals surface area (Å²) < 4.78 is 0. The molecule has 0 spiro atoms. The third kappa shape index (κ3) is 5.95. The molecular formula is C28H32N2O4. The van der Waals surface area contributed by atoms with Gasteiger partial charge in [-0.15, -0.1) is 0 Å². The maximum absolute atomic E-state index is 13.0. The molecule has 0 heterocycles. The van der Waals surface area contributed by atoms with Gasteiger partial charge in [0.15, 0.2) is 0 Å². The molecule has 6 heteroatoms. The van der Waals surface area contributed by atoms with Gasteiger partial charge in [0.2, 0.25) is 0 Å². The van der Waals surface area contributed by atoms with Crippen LogP contribution in [-0.4, -0.2) is 22.0 Å². The minimum absolute atomic E-state index is 0.0397. The van der Waals surface area contributed by atoms with Crippen molar-refractivity contribution in [3.63, 3.8) is 0 Å². The largest absolute Gasteiger partial charge is 0.507 e. The van der Waals surface area contributed by atoms with Crippen LogP contribution in [0.1, 0.15) is 59.5 Å². The fraction of sp³-hybridized carbons (Fsp3) is 0.286. The number of amides is 2. The Morgan fingerprint density at radius 3 is 1.38 bits per heavy atom. The predicted octanol–water partition coefficient (Wildman–Crippen LogP) is 6.00. The second-order valence-electron chi connectivity index (χ2n) is 9.28. The summed E-state index contributed by atoms with van der Waals surface area (Å²) in [5, 5.41) is 26.8. The summed E-state index contributed by atoms with van der Waals surface area (Å²) in [5.41, 5.74) is 2.51. The molecule has 2 amide bonds. The van der Waals surface area contributed by atoms with Crippen LogP contribution in [0, 0.1) is 11.8 Å². The van der Waals surface area contributed by atoms with Crippen molar-refractivity contribution in [3.8, 4) is 11.5 Å². The molecule has 34 heavy (non-hydrogen) atoms. The number of hydrogen-bond acceptors (Lipinski definition) is 4. The van der Waals surface area contributed by atoms with E-state index in [1.165, 1.54) is 0 Å². The number of nitrogens with one attached hydrogen (secondary N) is 2. The highest BCUT2D eigenvalue weighted by Gasteiger charge is 2.19. The molecule has 0 unspecified atom stereocenters. The summed E-state index contributed by atoms with van der Waals surface area (Å²) in [4.78, 5) is 25.9. The zero-order chi connectivity index (χ0) is 24.8. The molecule has 3 aromatic rings. The minimum Gasteiger partial charge on any atom is -0.507 e. The number of phenolic OH excluding ortho intramolecular Hbond substituents is 2. The lowest BCUT2D eigenvalue weighted by Gasteiger charge is -2.15. The number of rotatable bonds is 8. The molecule has 6 nitrogen and oxygen atoms in total. The number of carbonyl (C=O) groups is 2. The van der Waals surface area contributed by atoms with Gasteiger partial charge in [-0.1, -0.05) is 64.1 Å². The summed E-state index contributed by atoms with van der Waals surface area (Å²) in [6, 6.07) is 17.0. The molecule has 4 N–H and O–H groups in total. The predicted molar refractivity (Wildman–Crippen MR) is 136 cm³/mol. The molecule has 0 atom stereocenters. The van der Waals surface area contributed by atoms with Crippen molar-refractivity contribution >= 4 is 23.2 Å². The first kappa shape index (κ1) is 24.8. The fourth-order valence-corrected chi connectivity index (χ4v) is 3.84. The number of benzene rings is 3. The lowest BCUT2D eigenvalue weighted by atomic mass is 9.99. The number of phenols is 2. The Hall–Kier alpha value is -3.80. The Morgan fingerprint density at radius 1 is 0.647 bits per heavy atom. The molecule has 3 aromatic carbocycles. The summed E-state index contributed by atoms with van der Waals surface area (Å²) in [6.07, 6.45) is 1.30. The van der Waals surface area contributed by atoms with Crippen LogP contribution in [0.2, 0.25) is 0 Å². The molecule has 0 aliphatic rings. The topological polar surface area (TPSA) is 98.7 Å². The monoisotopic (exact) mass is 460 g/mol. The van der Waals surface area contributed by atoms with Crippen molar-refractivity contribution < 1.29 is 19.8 Å². The maximum Gasteiger partial charge on any atom is 0.259 e. The average Bonchev–Trinajstić information content (AvgIpc) is 2.77. The first-order valence-electron chi connectivity index (χ1n) is 11.5. The van der Waals surface area contributed by atoms with E-state index < -0.39 is 11.8 Å². The smallest absolute Gasteiger partial charge is 0.259 e. The molecule has 3 rings (SSSR count). The highest BCUT2D eigenvalue weighted by atomic mass is 16.3. The number of aromatic hydroxyl groups is 2. The molecular weight excluding hydrogens is 428 g/mol. The third-order valence-electron chi connectivity index (χ3n) is 5.41. The van der Waals surface area contributed by atoms with E-state index in [1.54, 1.807) is 60.7 Å². The zero-order valence-corrected chi connectivity index (χ0v) is 20.1. The molecule has 0 aliphatic carbocycles. The lowest BCUT2D eigenvalue weighted by molar-refractivity contribution is 0.101. The van der Waals surface area contributed by atoms with Gasteiger partial charge >= 0.3 is 0 Å². The molecule has 0 aliphatic heterocycles. The first-order chi connectivity index (χ1) is 16.2. The van der Waals surface area contributed by atoms with E-state index in [1.807, 2.05) is 27.7 Å². The van der Waals surface area contributed by atoms with E-state index in [0.29, 0.717) is 47.2 Å². The van der Waals surface area contributed by atoms with Crippen molar-refractivity contribution in [2.45, 2.75) is 40.5 Å². The van der Waals surface area contributed by atoms with Gasteiger partial charge in [0.1, 0.15) is 11.5 Å². The van der Waals surface area contributed by atoms with Crippen molar-refractivity contribution in [1.29, 1.82) is 0 Å². The molecule has 178 valence electrons. The minimum atomic E-state index is -0.480. The van der Waals surface area contributed by atoms with E-state index in [-0.39, 0.29) is 22.6 Å². The van der Waals surface area contributed by atoms with E-state index in [2.05, 4.69) is 10.6 Å². The molecule has 0 aromatic heterocycles. The van der Waals surface area contributed by atoms with Crippen LogP contribution in [0.15, 0.2) is 60.7 Å². The van der Waals surface area contributed by atoms with Gasteiger partial charge in [-0.3, -0.25) is 9.59 Å². The Kier molecular flexibility index (Phi) is 7.95. The fourth-order valence-electron chi connectivity index (χ4n) is 3.84. The standard InChI is InChI=1S/C28H32N2O4/c1-17(2)15-19-9-7-11-21(25(19)31)27(33)29-23-13-5-6-14-24(23)30-28(34)22-12-8-10-20(26(22)32)16-18(3)4/h5-14,17-18,31-32H,15-16H2,1-4H3,(H,29,33)(H,30,34). The van der Waals surface area contributed by atoms with Crippen molar-refractivity contribution in [1.82, 2.24) is 0 Å². The van der Waals surface area contributed by atoms with Crippen LogP contribution in [0.25, 0.3) is 0 Å². The Balaban J connectivity index is 1.83. The zero-order valence-electron chi connectivity index (χ0n) is 20.1. The second-order valence-corrected chi connectivity index (χ2v) is 9.28. The van der Waals surface area contributed by atoms with E-state index in [9.17, 15) is 19.8 Å². The van der Waals surface area contributed by atoms with Gasteiger partial charge in [0.25, 0.3) is 11.8 Å². The summed E-state index contributed by atoms with van der Waals surface area (Å²) in [5.74, 6) is -0.381. The Labute approximate surface area is 200 Å². The van der Waals surface area contributed by atoms with Crippen molar-refractivity contribution in [2.75, 3.05) is 10.6 Å². The van der Waals surface area contributed by atoms with Gasteiger partial charge in [-0.05, 0) is 60.1 Å². The Bertz CT molecular complexity index is 1090. The highest BCUT2D eigenvalue weighted by Crippen LogP contribution is 2.29. The number of para-hydroxylation sites is 4. The Morgan fingerprint density at radius 2 is 1.03 bits per heavy atom. The van der Waals surface area contributed by atoms with Crippen LogP contribution in [-0.2, 0) is 12.8 Å². The molecule has 0 saturated heterocycles. The van der Waals surface area contributed by atoms with Crippen LogP contribution in [0.4, 0.5) is 11.4 Å². The van der Waals surface area contributed by atoms with Crippen molar-refractivity contribution in [3.05, 3.63) is 82.9 Å². The molecule has 0 fully saturated rings. The van der Waals surface area contributed by atoms with E-state index >= 15 is 0 Å². The van der Waals surface area contributed by atoms with Crippen LogP contribution in [0.3, 0.4) is 0 Å². The van der Waals surface area contributed by atoms with Gasteiger partial charge < -0.3 is 20.8 Å². The van der Waals surface area contributed by atoms with E-state index in [0.717, 1.165) is 0 Å². The normalized spacial score (nSPS) is 11.0. The van der Waals surface area contributed by atoms with Crippen LogP contribution >= 0.6 is 0 Å². The maximum atomic E-state index is 13.0. The summed E-state index contributed by atoms with van der Waals surface area (Å²) in [7, 11) is 0. The van der Waals surface area contributed by atoms with Crippen molar-refractivity contribution in [2.24, 2.45) is 11.8 Å². The highest BCUT2D eigenvalue weighted by molar-refractivity contribution is 6.11. The van der Waals surface area contributed by atoms with E-state index in [4.69, 9.17) is 0 Å². The van der Waals surface area contributed by atoms with Crippen LogP contribution in [0.5, 0.6) is 11.5 Å². The van der Waals surface area contributed by atoms with Gasteiger partial charge in [-0.2, -0.15) is 0 Å².